The summed E-state index contributed by atoms with van der Waals surface area (Å²) in [5, 5.41) is 12.0. The molecule has 0 amide bonds. The second kappa shape index (κ2) is 6.81. The van der Waals surface area contributed by atoms with Crippen molar-refractivity contribution in [3.63, 3.8) is 0 Å². The zero-order valence-electron chi connectivity index (χ0n) is 11.0. The van der Waals surface area contributed by atoms with Gasteiger partial charge in [-0.25, -0.2) is 8.78 Å². The average Bonchev–Trinajstić information content (AvgIpc) is 2.31. The van der Waals surface area contributed by atoms with Crippen LogP contribution in [0.3, 0.4) is 0 Å². The first-order chi connectivity index (χ1) is 8.44. The number of nitrogens with one attached hydrogen (secondary N) is 1. The molecule has 0 radical (unpaired) electrons. The second-order valence-electron chi connectivity index (χ2n) is 5.34. The van der Waals surface area contributed by atoms with Crippen molar-refractivity contribution in [3.05, 3.63) is 35.4 Å². The molecule has 0 aliphatic carbocycles. The first kappa shape index (κ1) is 15.1. The van der Waals surface area contributed by atoms with Gasteiger partial charge in [0, 0.05) is 19.7 Å². The van der Waals surface area contributed by atoms with E-state index in [0.717, 1.165) is 31.0 Å². The van der Waals surface area contributed by atoms with Gasteiger partial charge in [0.25, 0.3) is 0 Å². The van der Waals surface area contributed by atoms with E-state index in [4.69, 9.17) is 5.11 Å². The number of aliphatic hydroxyl groups excluding tert-OH is 1. The van der Waals surface area contributed by atoms with Crippen LogP contribution in [0.1, 0.15) is 32.3 Å². The summed E-state index contributed by atoms with van der Waals surface area (Å²) >= 11 is 0. The van der Waals surface area contributed by atoms with Gasteiger partial charge in [-0.15, -0.1) is 0 Å². The smallest absolute Gasteiger partial charge is 0.159 e. The van der Waals surface area contributed by atoms with Crippen LogP contribution in [0.4, 0.5) is 8.78 Å². The molecule has 0 aromatic heterocycles. The Morgan fingerprint density at radius 2 is 1.94 bits per heavy atom. The molecule has 0 fully saturated rings. The Hall–Kier alpha value is -1.00. The van der Waals surface area contributed by atoms with E-state index in [2.05, 4.69) is 19.2 Å². The molecule has 1 aromatic rings. The number of halogens is 2. The molecule has 0 atom stereocenters. The van der Waals surface area contributed by atoms with Crippen LogP contribution in [0.5, 0.6) is 0 Å². The highest BCUT2D eigenvalue weighted by molar-refractivity contribution is 5.17. The van der Waals surface area contributed by atoms with Gasteiger partial charge in [-0.2, -0.15) is 0 Å². The Morgan fingerprint density at radius 3 is 2.56 bits per heavy atom. The molecule has 0 unspecified atom stereocenters. The molecule has 0 saturated heterocycles. The van der Waals surface area contributed by atoms with E-state index in [9.17, 15) is 8.78 Å². The van der Waals surface area contributed by atoms with Crippen molar-refractivity contribution in [2.24, 2.45) is 5.41 Å². The van der Waals surface area contributed by atoms with Crippen molar-refractivity contribution in [2.45, 2.75) is 33.2 Å². The van der Waals surface area contributed by atoms with Crippen LogP contribution in [-0.4, -0.2) is 18.3 Å². The maximum atomic E-state index is 13.0. The summed E-state index contributed by atoms with van der Waals surface area (Å²) in [7, 11) is 0. The van der Waals surface area contributed by atoms with Gasteiger partial charge in [-0.3, -0.25) is 0 Å². The minimum atomic E-state index is -0.818. The van der Waals surface area contributed by atoms with E-state index in [0.29, 0.717) is 6.54 Å². The molecule has 0 bridgehead atoms. The lowest BCUT2D eigenvalue weighted by atomic mass is 9.88. The highest BCUT2D eigenvalue weighted by Crippen LogP contribution is 2.21. The van der Waals surface area contributed by atoms with Gasteiger partial charge in [0.2, 0.25) is 0 Å². The Morgan fingerprint density at radius 1 is 1.22 bits per heavy atom. The van der Waals surface area contributed by atoms with Gasteiger partial charge in [-0.1, -0.05) is 19.9 Å². The van der Waals surface area contributed by atoms with Crippen LogP contribution in [0.2, 0.25) is 0 Å². The molecular weight excluding hydrogens is 236 g/mol. The van der Waals surface area contributed by atoms with Gasteiger partial charge >= 0.3 is 0 Å². The molecule has 102 valence electrons. The predicted octanol–water partition coefficient (Wildman–Crippen LogP) is 2.85. The van der Waals surface area contributed by atoms with E-state index in [1.54, 1.807) is 6.07 Å². The Kier molecular flexibility index (Phi) is 5.69. The highest BCUT2D eigenvalue weighted by atomic mass is 19.2. The number of aliphatic hydroxyl groups is 1. The Balaban J connectivity index is 2.39. The topological polar surface area (TPSA) is 32.3 Å². The van der Waals surface area contributed by atoms with Gasteiger partial charge in [0.15, 0.2) is 11.6 Å². The lowest BCUT2D eigenvalue weighted by Gasteiger charge is -2.24. The summed E-state index contributed by atoms with van der Waals surface area (Å²) in [6, 6.07) is 3.93. The quantitative estimate of drug-likeness (QED) is 0.787. The number of hydrogen-bond acceptors (Lipinski definition) is 2. The summed E-state index contributed by atoms with van der Waals surface area (Å²) in [5.41, 5.74) is 0.813. The molecule has 0 saturated carbocycles. The fraction of sp³-hybridized carbons (Fsp3) is 0.571. The summed E-state index contributed by atoms with van der Waals surface area (Å²) in [5.74, 6) is -1.63. The fourth-order valence-corrected chi connectivity index (χ4v) is 1.84. The minimum absolute atomic E-state index is 0.0846. The molecule has 0 aliphatic heterocycles. The maximum absolute atomic E-state index is 13.0. The Bertz CT molecular complexity index is 380. The van der Waals surface area contributed by atoms with Crippen LogP contribution < -0.4 is 5.32 Å². The van der Waals surface area contributed by atoms with Crippen LogP contribution in [0, 0.1) is 17.0 Å². The lowest BCUT2D eigenvalue weighted by Crippen LogP contribution is -2.29. The second-order valence-corrected chi connectivity index (χ2v) is 5.34. The van der Waals surface area contributed by atoms with Crippen LogP contribution in [-0.2, 0) is 6.54 Å². The molecule has 1 aromatic carbocycles. The van der Waals surface area contributed by atoms with Gasteiger partial charge in [0.05, 0.1) is 0 Å². The van der Waals surface area contributed by atoms with Gasteiger partial charge < -0.3 is 10.4 Å². The molecule has 18 heavy (non-hydrogen) atoms. The molecule has 2 N–H and O–H groups in total. The normalized spacial score (nSPS) is 11.8. The highest BCUT2D eigenvalue weighted by Gasteiger charge is 2.16. The Labute approximate surface area is 107 Å². The fourth-order valence-electron chi connectivity index (χ4n) is 1.84. The summed E-state index contributed by atoms with van der Waals surface area (Å²) < 4.78 is 25.7. The molecule has 2 nitrogen and oxygen atoms in total. The molecule has 0 spiro atoms. The minimum Gasteiger partial charge on any atom is -0.396 e. The monoisotopic (exact) mass is 257 g/mol. The van der Waals surface area contributed by atoms with Gasteiger partial charge in [0.1, 0.15) is 0 Å². The summed E-state index contributed by atoms with van der Waals surface area (Å²) in [6.45, 7) is 5.71. The van der Waals surface area contributed by atoms with E-state index >= 15 is 0 Å². The molecule has 0 aliphatic rings. The van der Waals surface area contributed by atoms with Crippen molar-refractivity contribution >= 4 is 0 Å². The number of hydrogen-bond donors (Lipinski definition) is 2. The first-order valence-electron chi connectivity index (χ1n) is 6.20. The molecule has 1 rings (SSSR count). The molecule has 4 heteroatoms. The third-order valence-electron chi connectivity index (χ3n) is 2.93. The SMILES string of the molecule is CC(C)(CCCO)CNCc1ccc(F)c(F)c1. The van der Waals surface area contributed by atoms with Crippen molar-refractivity contribution in [3.8, 4) is 0 Å². The van der Waals surface area contributed by atoms with E-state index in [1.807, 2.05) is 0 Å². The van der Waals surface area contributed by atoms with Crippen molar-refractivity contribution < 1.29 is 13.9 Å². The van der Waals surface area contributed by atoms with Crippen molar-refractivity contribution in [1.29, 1.82) is 0 Å². The first-order valence-corrected chi connectivity index (χ1v) is 6.20. The predicted molar refractivity (Wildman–Crippen MR) is 68.2 cm³/mol. The maximum Gasteiger partial charge on any atom is 0.159 e. The zero-order chi connectivity index (χ0) is 13.6. The van der Waals surface area contributed by atoms with Crippen LogP contribution in [0.15, 0.2) is 18.2 Å². The van der Waals surface area contributed by atoms with Gasteiger partial charge in [-0.05, 0) is 36.0 Å². The van der Waals surface area contributed by atoms with Crippen LogP contribution in [0.25, 0.3) is 0 Å². The van der Waals surface area contributed by atoms with Crippen LogP contribution >= 0.6 is 0 Å². The van der Waals surface area contributed by atoms with Crippen molar-refractivity contribution in [1.82, 2.24) is 5.32 Å². The third-order valence-corrected chi connectivity index (χ3v) is 2.93. The van der Waals surface area contributed by atoms with Crippen molar-refractivity contribution in [2.75, 3.05) is 13.2 Å². The number of rotatable bonds is 7. The largest absolute Gasteiger partial charge is 0.396 e. The van der Waals surface area contributed by atoms with E-state index in [-0.39, 0.29) is 12.0 Å². The molecule has 0 heterocycles. The van der Waals surface area contributed by atoms with E-state index in [1.165, 1.54) is 6.07 Å². The summed E-state index contributed by atoms with van der Waals surface area (Å²) in [6.07, 6.45) is 1.70. The van der Waals surface area contributed by atoms with E-state index < -0.39 is 11.6 Å². The standard InChI is InChI=1S/C14H21F2NO/c1-14(2,6-3-7-18)10-17-9-11-4-5-12(15)13(16)8-11/h4-5,8,17-18H,3,6-7,9-10H2,1-2H3. The average molecular weight is 257 g/mol. The molecular formula is C14H21F2NO. The zero-order valence-corrected chi connectivity index (χ0v) is 11.0. The summed E-state index contributed by atoms with van der Waals surface area (Å²) in [4.78, 5) is 0. The lowest BCUT2D eigenvalue weighted by molar-refractivity contribution is 0.236. The third kappa shape index (κ3) is 5.10. The number of benzene rings is 1.